The maximum atomic E-state index is 13.7. The molecule has 196 valence electrons. The Kier molecular flexibility index (Phi) is 7.66. The quantitative estimate of drug-likeness (QED) is 0.376. The lowest BCUT2D eigenvalue weighted by molar-refractivity contribution is -0.127. The van der Waals surface area contributed by atoms with E-state index in [4.69, 9.17) is 10.7 Å². The molecule has 0 aromatic heterocycles. The molecular weight excluding hydrogens is 484 g/mol. The van der Waals surface area contributed by atoms with Crippen molar-refractivity contribution in [2.75, 3.05) is 11.9 Å². The highest BCUT2D eigenvalue weighted by atomic mass is 16.2. The van der Waals surface area contributed by atoms with E-state index in [9.17, 15) is 9.59 Å². The smallest absolute Gasteiger partial charge is 0.224 e. The van der Waals surface area contributed by atoms with Gasteiger partial charge in [-0.1, -0.05) is 103 Å². The van der Waals surface area contributed by atoms with Crippen molar-refractivity contribution in [2.45, 2.75) is 31.6 Å². The van der Waals surface area contributed by atoms with E-state index in [-0.39, 0.29) is 18.1 Å². The Bertz CT molecular complexity index is 1480. The highest BCUT2D eigenvalue weighted by molar-refractivity contribution is 6.17. The Morgan fingerprint density at radius 1 is 0.821 bits per heavy atom. The van der Waals surface area contributed by atoms with Crippen LogP contribution in [0.15, 0.2) is 114 Å². The fourth-order valence-corrected chi connectivity index (χ4v) is 4.95. The predicted molar refractivity (Wildman–Crippen MR) is 157 cm³/mol. The monoisotopic (exact) mass is 516 g/mol. The number of para-hydroxylation sites is 1. The number of nitrogens with one attached hydrogen (secondary N) is 1. The van der Waals surface area contributed by atoms with Gasteiger partial charge in [0.05, 0.1) is 18.2 Å². The van der Waals surface area contributed by atoms with E-state index in [0.29, 0.717) is 5.71 Å². The van der Waals surface area contributed by atoms with Gasteiger partial charge in [-0.15, -0.1) is 0 Å². The van der Waals surface area contributed by atoms with E-state index < -0.39 is 18.2 Å². The Hall–Kier alpha value is -4.55. The number of aliphatic imine (C=N–C) groups is 1. The predicted octanol–water partition coefficient (Wildman–Crippen LogP) is 4.61. The van der Waals surface area contributed by atoms with Gasteiger partial charge in [0.1, 0.15) is 12.2 Å². The third-order valence-electron chi connectivity index (χ3n) is 7.15. The summed E-state index contributed by atoms with van der Waals surface area (Å²) in [6.07, 6.45) is -0.516. The fraction of sp³-hybridized carbons (Fsp3) is 0.182. The molecule has 0 fully saturated rings. The van der Waals surface area contributed by atoms with Crippen LogP contribution in [0, 0.1) is 0 Å². The van der Waals surface area contributed by atoms with Crippen LogP contribution in [-0.4, -0.2) is 42.7 Å². The second-order valence-electron chi connectivity index (χ2n) is 9.84. The molecule has 5 rings (SSSR count). The average Bonchev–Trinajstić information content (AvgIpc) is 3.08. The number of ketones is 1. The molecule has 1 heterocycles. The number of likely N-dealkylation sites (N-methyl/N-ethyl adjacent to an activating group) is 1. The topological polar surface area (TPSA) is 87.8 Å². The van der Waals surface area contributed by atoms with Crippen molar-refractivity contribution in [3.63, 3.8) is 0 Å². The summed E-state index contributed by atoms with van der Waals surface area (Å²) in [7, 11) is 1.87. The lowest BCUT2D eigenvalue weighted by Crippen LogP contribution is -2.55. The molecule has 6 heteroatoms. The second-order valence-corrected chi connectivity index (χ2v) is 9.84. The number of carbonyl (C=O) groups excluding carboxylic acids is 2. The zero-order chi connectivity index (χ0) is 27.4. The van der Waals surface area contributed by atoms with E-state index in [1.54, 1.807) is 6.92 Å². The van der Waals surface area contributed by atoms with E-state index in [2.05, 4.69) is 17.4 Å². The molecule has 0 aliphatic carbocycles. The number of Topliss-reactive ketones (excluding diaryl/α,β-unsaturated/α-hetero) is 1. The lowest BCUT2D eigenvalue weighted by Gasteiger charge is -2.30. The molecule has 0 saturated heterocycles. The lowest BCUT2D eigenvalue weighted by atomic mass is 10.00. The average molecular weight is 517 g/mol. The van der Waals surface area contributed by atoms with Gasteiger partial charge in [-0.05, 0) is 29.7 Å². The molecule has 3 N–H and O–H groups in total. The van der Waals surface area contributed by atoms with E-state index in [1.165, 1.54) is 0 Å². The van der Waals surface area contributed by atoms with Gasteiger partial charge in [-0.25, -0.2) is 0 Å². The van der Waals surface area contributed by atoms with E-state index >= 15 is 0 Å². The second kappa shape index (κ2) is 11.5. The SMILES string of the molecule is CC(NC(=O)Cc1ccc(-c2ccccc2)cc1)C(=O)C1N=C(c2ccccc2)c2ccccc2N(C)[C@@H]1N. The van der Waals surface area contributed by atoms with Gasteiger partial charge in [-0.2, -0.15) is 0 Å². The van der Waals surface area contributed by atoms with Gasteiger partial charge < -0.3 is 16.0 Å². The molecule has 0 bridgehead atoms. The van der Waals surface area contributed by atoms with Crippen LogP contribution in [0.2, 0.25) is 0 Å². The molecule has 4 aromatic rings. The Balaban J connectivity index is 1.33. The van der Waals surface area contributed by atoms with Gasteiger partial charge in [0.25, 0.3) is 0 Å². The van der Waals surface area contributed by atoms with Gasteiger partial charge >= 0.3 is 0 Å². The van der Waals surface area contributed by atoms with Crippen molar-refractivity contribution >= 4 is 23.1 Å². The molecule has 1 aliphatic rings. The Morgan fingerprint density at radius 2 is 1.38 bits per heavy atom. The number of carbonyl (C=O) groups is 2. The first-order chi connectivity index (χ1) is 18.9. The van der Waals surface area contributed by atoms with Crippen LogP contribution >= 0.6 is 0 Å². The molecule has 3 atom stereocenters. The van der Waals surface area contributed by atoms with E-state index in [0.717, 1.165) is 33.5 Å². The number of amides is 1. The Labute approximate surface area is 229 Å². The number of nitrogens with two attached hydrogens (primary N) is 1. The summed E-state index contributed by atoms with van der Waals surface area (Å²) in [6.45, 7) is 1.70. The number of fused-ring (bicyclic) bond motifs is 1. The zero-order valence-electron chi connectivity index (χ0n) is 22.1. The van der Waals surface area contributed by atoms with Crippen molar-refractivity contribution in [1.29, 1.82) is 0 Å². The van der Waals surface area contributed by atoms with Crippen LogP contribution in [0.1, 0.15) is 23.6 Å². The normalized spacial score (nSPS) is 17.4. The molecule has 0 spiro atoms. The minimum Gasteiger partial charge on any atom is -0.356 e. The van der Waals surface area contributed by atoms with Crippen LogP contribution in [0.5, 0.6) is 0 Å². The summed E-state index contributed by atoms with van der Waals surface area (Å²) in [4.78, 5) is 33.4. The molecule has 4 aromatic carbocycles. The number of anilines is 1. The van der Waals surface area contributed by atoms with Crippen LogP contribution in [0.3, 0.4) is 0 Å². The third kappa shape index (κ3) is 5.66. The minimum absolute atomic E-state index is 0.174. The number of benzodiazepines with no additional fused rings is 1. The molecule has 39 heavy (non-hydrogen) atoms. The Morgan fingerprint density at radius 3 is 2.05 bits per heavy atom. The molecule has 1 amide bonds. The summed E-state index contributed by atoms with van der Waals surface area (Å²) in [5.41, 5.74) is 13.1. The van der Waals surface area contributed by atoms with E-state index in [1.807, 2.05) is 109 Å². The first-order valence-corrected chi connectivity index (χ1v) is 13.1. The standard InChI is InChI=1S/C33H32N4O2/c1-22(35-29(38)21-23-17-19-25(20-18-23)24-11-5-3-6-12-24)32(39)31-33(34)37(2)28-16-10-9-15-27(28)30(36-31)26-13-7-4-8-14-26/h3-20,22,31,33H,21,34H2,1-2H3,(H,35,38)/t22?,31?,33-/m0/s1. The van der Waals surface area contributed by atoms with Crippen molar-refractivity contribution in [2.24, 2.45) is 10.7 Å². The van der Waals surface area contributed by atoms with Gasteiger partial charge in [-0.3, -0.25) is 14.6 Å². The van der Waals surface area contributed by atoms with Crippen molar-refractivity contribution in [3.05, 3.63) is 126 Å². The first-order valence-electron chi connectivity index (χ1n) is 13.1. The maximum absolute atomic E-state index is 13.7. The van der Waals surface area contributed by atoms with Gasteiger partial charge in [0.15, 0.2) is 5.78 Å². The van der Waals surface area contributed by atoms with Crippen LogP contribution in [0.25, 0.3) is 11.1 Å². The number of nitrogens with zero attached hydrogens (tertiary/aromatic N) is 2. The van der Waals surface area contributed by atoms with Crippen LogP contribution in [-0.2, 0) is 16.0 Å². The molecular formula is C33H32N4O2. The molecule has 0 radical (unpaired) electrons. The maximum Gasteiger partial charge on any atom is 0.224 e. The molecule has 1 aliphatic heterocycles. The van der Waals surface area contributed by atoms with Gasteiger partial charge in [0, 0.05) is 23.9 Å². The number of rotatable bonds is 7. The fourth-order valence-electron chi connectivity index (χ4n) is 4.95. The highest BCUT2D eigenvalue weighted by Crippen LogP contribution is 2.29. The van der Waals surface area contributed by atoms with Crippen LogP contribution < -0.4 is 16.0 Å². The summed E-state index contributed by atoms with van der Waals surface area (Å²) in [6, 6.07) is 34.0. The summed E-state index contributed by atoms with van der Waals surface area (Å²) in [5, 5.41) is 2.87. The molecule has 0 saturated carbocycles. The molecule has 6 nitrogen and oxygen atoms in total. The first kappa shape index (κ1) is 26.1. The minimum atomic E-state index is -0.863. The van der Waals surface area contributed by atoms with Crippen LogP contribution in [0.4, 0.5) is 5.69 Å². The number of hydrogen-bond donors (Lipinski definition) is 2. The summed E-state index contributed by atoms with van der Waals surface area (Å²) >= 11 is 0. The highest BCUT2D eigenvalue weighted by Gasteiger charge is 2.36. The summed E-state index contributed by atoms with van der Waals surface area (Å²) < 4.78 is 0. The van der Waals surface area contributed by atoms with Crippen molar-refractivity contribution in [1.82, 2.24) is 5.32 Å². The van der Waals surface area contributed by atoms with Crippen molar-refractivity contribution < 1.29 is 9.59 Å². The van der Waals surface area contributed by atoms with Crippen molar-refractivity contribution in [3.8, 4) is 11.1 Å². The third-order valence-corrected chi connectivity index (χ3v) is 7.15. The number of benzene rings is 4. The van der Waals surface area contributed by atoms with Gasteiger partial charge in [0.2, 0.25) is 5.91 Å². The number of hydrogen-bond acceptors (Lipinski definition) is 5. The largest absolute Gasteiger partial charge is 0.356 e. The summed E-state index contributed by atoms with van der Waals surface area (Å²) in [5.74, 6) is -0.460. The molecule has 2 unspecified atom stereocenters. The zero-order valence-corrected chi connectivity index (χ0v) is 22.1.